The number of nitrogens with one attached hydrogen (secondary N) is 1. The van der Waals surface area contributed by atoms with Gasteiger partial charge in [0.05, 0.1) is 25.1 Å². The molecule has 0 radical (unpaired) electrons. The van der Waals surface area contributed by atoms with Crippen molar-refractivity contribution in [1.82, 2.24) is 29.9 Å². The molecule has 1 saturated heterocycles. The number of hydrogen-bond donors (Lipinski definition) is 1. The number of nitrogens with zero attached hydrogens (tertiary/aromatic N) is 5. The number of thiophene rings is 1. The molecule has 1 fully saturated rings. The molecule has 3 aromatic rings. The molecule has 9 heteroatoms. The number of amides is 1. The Hall–Kier alpha value is -2.49. The summed E-state index contributed by atoms with van der Waals surface area (Å²) in [4.78, 5) is 18.6. The average molecular weight is 398 g/mol. The monoisotopic (exact) mass is 398 g/mol. The van der Waals surface area contributed by atoms with Crippen LogP contribution in [0.4, 0.5) is 0 Å². The molecule has 2 aliphatic heterocycles. The quantitative estimate of drug-likeness (QED) is 0.705. The van der Waals surface area contributed by atoms with E-state index in [1.807, 2.05) is 28.1 Å². The Morgan fingerprint density at radius 2 is 2.18 bits per heavy atom. The molecule has 2 aliphatic rings. The third-order valence-corrected chi connectivity index (χ3v) is 6.33. The van der Waals surface area contributed by atoms with Gasteiger partial charge in [0.25, 0.3) is 5.91 Å². The van der Waals surface area contributed by atoms with Gasteiger partial charge in [-0.05, 0) is 17.5 Å². The molecule has 28 heavy (non-hydrogen) atoms. The van der Waals surface area contributed by atoms with Crippen LogP contribution in [0.1, 0.15) is 32.9 Å². The van der Waals surface area contributed by atoms with Crippen LogP contribution in [-0.2, 0) is 19.6 Å². The van der Waals surface area contributed by atoms with Crippen LogP contribution in [0.15, 0.2) is 40.5 Å². The molecule has 0 bridgehead atoms. The molecule has 3 aromatic heterocycles. The molecular formula is C19H22N6O2S. The van der Waals surface area contributed by atoms with Gasteiger partial charge in [-0.2, -0.15) is 0 Å². The lowest BCUT2D eigenvalue weighted by atomic mass is 10.1. The largest absolute Gasteiger partial charge is 0.472 e. The van der Waals surface area contributed by atoms with Crippen molar-refractivity contribution in [3.63, 3.8) is 0 Å². The first-order valence-electron chi connectivity index (χ1n) is 9.49. The van der Waals surface area contributed by atoms with Crippen LogP contribution < -0.4 is 5.32 Å². The highest BCUT2D eigenvalue weighted by molar-refractivity contribution is 7.09. The Bertz CT molecular complexity index is 936. The standard InChI is InChI=1S/C19H22N6O2S/c26-19(20-10-15-2-1-9-28-15)18-22-21-17-16-12-23(11-14-3-8-27-13-14)4-5-24(16)6-7-25(17)18/h1-3,8-9,13,16H,4-7,10-12H2,(H,20,26)/t16-/m1/s1. The predicted molar refractivity (Wildman–Crippen MR) is 104 cm³/mol. The van der Waals surface area contributed by atoms with E-state index in [1.165, 1.54) is 5.56 Å². The summed E-state index contributed by atoms with van der Waals surface area (Å²) in [5, 5.41) is 13.6. The maximum atomic E-state index is 12.6. The summed E-state index contributed by atoms with van der Waals surface area (Å²) in [7, 11) is 0. The topological polar surface area (TPSA) is 79.4 Å². The summed E-state index contributed by atoms with van der Waals surface area (Å²) >= 11 is 1.63. The molecule has 146 valence electrons. The average Bonchev–Trinajstić information content (AvgIpc) is 3.47. The van der Waals surface area contributed by atoms with Crippen LogP contribution in [0.25, 0.3) is 0 Å². The van der Waals surface area contributed by atoms with Gasteiger partial charge in [0.2, 0.25) is 5.82 Å². The van der Waals surface area contributed by atoms with Crippen molar-refractivity contribution < 1.29 is 9.21 Å². The van der Waals surface area contributed by atoms with Crippen molar-refractivity contribution in [3.05, 3.63) is 58.2 Å². The van der Waals surface area contributed by atoms with E-state index in [0.29, 0.717) is 12.4 Å². The Labute approximate surface area is 166 Å². The van der Waals surface area contributed by atoms with Crippen molar-refractivity contribution in [2.24, 2.45) is 0 Å². The molecule has 1 N–H and O–H groups in total. The lowest BCUT2D eigenvalue weighted by Crippen LogP contribution is -2.52. The molecule has 8 nitrogen and oxygen atoms in total. The maximum Gasteiger partial charge on any atom is 0.289 e. The number of carbonyl (C=O) groups excluding carboxylic acids is 1. The number of hydrogen-bond acceptors (Lipinski definition) is 7. The SMILES string of the molecule is O=C(NCc1cccs1)c1nnc2n1CCN1CCN(Cc3ccoc3)C[C@H]21. The van der Waals surface area contributed by atoms with Crippen molar-refractivity contribution in [1.29, 1.82) is 0 Å². The van der Waals surface area contributed by atoms with E-state index in [9.17, 15) is 4.79 Å². The molecule has 5 rings (SSSR count). The zero-order valence-electron chi connectivity index (χ0n) is 15.5. The van der Waals surface area contributed by atoms with Gasteiger partial charge >= 0.3 is 0 Å². The fourth-order valence-electron chi connectivity index (χ4n) is 4.01. The zero-order valence-corrected chi connectivity index (χ0v) is 16.3. The molecule has 0 aromatic carbocycles. The van der Waals surface area contributed by atoms with E-state index >= 15 is 0 Å². The number of aromatic nitrogens is 3. The summed E-state index contributed by atoms with van der Waals surface area (Å²) in [5.41, 5.74) is 1.18. The number of rotatable bonds is 5. The van der Waals surface area contributed by atoms with Gasteiger partial charge in [-0.1, -0.05) is 6.07 Å². The summed E-state index contributed by atoms with van der Waals surface area (Å²) in [6, 6.07) is 6.17. The second-order valence-electron chi connectivity index (χ2n) is 7.21. The third kappa shape index (κ3) is 3.36. The molecular weight excluding hydrogens is 376 g/mol. The van der Waals surface area contributed by atoms with Gasteiger partial charge in [0, 0.05) is 49.7 Å². The first kappa shape index (κ1) is 17.6. The molecule has 0 unspecified atom stereocenters. The fraction of sp³-hybridized carbons (Fsp3) is 0.421. The predicted octanol–water partition coefficient (Wildman–Crippen LogP) is 1.74. The number of fused-ring (bicyclic) bond motifs is 3. The second kappa shape index (κ2) is 7.50. The van der Waals surface area contributed by atoms with Gasteiger partial charge < -0.3 is 14.3 Å². The molecule has 1 atom stereocenters. The van der Waals surface area contributed by atoms with Crippen molar-refractivity contribution in [2.45, 2.75) is 25.7 Å². The van der Waals surface area contributed by atoms with Crippen LogP contribution in [0.3, 0.4) is 0 Å². The summed E-state index contributed by atoms with van der Waals surface area (Å²) in [5.74, 6) is 1.15. The van der Waals surface area contributed by atoms with E-state index in [0.717, 1.165) is 50.0 Å². The Morgan fingerprint density at radius 1 is 1.25 bits per heavy atom. The molecule has 5 heterocycles. The normalized spacial score (nSPS) is 19.9. The minimum Gasteiger partial charge on any atom is -0.472 e. The number of furan rings is 1. The smallest absolute Gasteiger partial charge is 0.289 e. The first-order valence-corrected chi connectivity index (χ1v) is 10.4. The number of piperazine rings is 1. The molecule has 0 saturated carbocycles. The van der Waals surface area contributed by atoms with Gasteiger partial charge in [-0.25, -0.2) is 0 Å². The summed E-state index contributed by atoms with van der Waals surface area (Å²) < 4.78 is 7.18. The van der Waals surface area contributed by atoms with E-state index in [1.54, 1.807) is 23.9 Å². The number of carbonyl (C=O) groups is 1. The zero-order chi connectivity index (χ0) is 18.9. The lowest BCUT2D eigenvalue weighted by Gasteiger charge is -2.43. The van der Waals surface area contributed by atoms with Crippen molar-refractivity contribution in [3.8, 4) is 0 Å². The van der Waals surface area contributed by atoms with Gasteiger partial charge in [-0.3, -0.25) is 14.6 Å². The molecule has 0 aliphatic carbocycles. The maximum absolute atomic E-state index is 12.6. The van der Waals surface area contributed by atoms with Crippen LogP contribution in [-0.4, -0.2) is 56.7 Å². The van der Waals surface area contributed by atoms with E-state index < -0.39 is 0 Å². The fourth-order valence-corrected chi connectivity index (χ4v) is 4.66. The highest BCUT2D eigenvalue weighted by Gasteiger charge is 2.36. The first-order chi connectivity index (χ1) is 13.8. The van der Waals surface area contributed by atoms with Crippen LogP contribution in [0, 0.1) is 0 Å². The minimum atomic E-state index is -0.160. The Balaban J connectivity index is 1.30. The summed E-state index contributed by atoms with van der Waals surface area (Å²) in [6.45, 7) is 5.94. The highest BCUT2D eigenvalue weighted by atomic mass is 32.1. The molecule has 1 amide bonds. The van der Waals surface area contributed by atoms with E-state index in [-0.39, 0.29) is 11.9 Å². The highest BCUT2D eigenvalue weighted by Crippen LogP contribution is 2.29. The van der Waals surface area contributed by atoms with Gasteiger partial charge in [-0.15, -0.1) is 21.5 Å². The lowest BCUT2D eigenvalue weighted by molar-refractivity contribution is 0.0457. The van der Waals surface area contributed by atoms with E-state index in [2.05, 4.69) is 25.3 Å². The van der Waals surface area contributed by atoms with Gasteiger partial charge in [0.1, 0.15) is 0 Å². The van der Waals surface area contributed by atoms with E-state index in [4.69, 9.17) is 4.42 Å². The van der Waals surface area contributed by atoms with Crippen molar-refractivity contribution in [2.75, 3.05) is 26.2 Å². The second-order valence-corrected chi connectivity index (χ2v) is 8.25. The van der Waals surface area contributed by atoms with Gasteiger partial charge in [0.15, 0.2) is 5.82 Å². The van der Waals surface area contributed by atoms with Crippen LogP contribution in [0.5, 0.6) is 0 Å². The van der Waals surface area contributed by atoms with Crippen molar-refractivity contribution >= 4 is 17.2 Å². The summed E-state index contributed by atoms with van der Waals surface area (Å²) in [6.07, 6.45) is 3.51. The minimum absolute atomic E-state index is 0.160. The Kier molecular flexibility index (Phi) is 4.71. The van der Waals surface area contributed by atoms with Crippen LogP contribution in [0.2, 0.25) is 0 Å². The Morgan fingerprint density at radius 3 is 3.00 bits per heavy atom. The molecule has 0 spiro atoms. The third-order valence-electron chi connectivity index (χ3n) is 5.46. The van der Waals surface area contributed by atoms with Crippen LogP contribution >= 0.6 is 11.3 Å².